The topological polar surface area (TPSA) is 106 Å². The van der Waals surface area contributed by atoms with Crippen LogP contribution in [0.5, 0.6) is 0 Å². The monoisotopic (exact) mass is 332 g/mol. The van der Waals surface area contributed by atoms with Crippen molar-refractivity contribution >= 4 is 32.8 Å². The van der Waals surface area contributed by atoms with E-state index in [2.05, 4.69) is 11.6 Å². The first-order chi connectivity index (χ1) is 10.8. The maximum absolute atomic E-state index is 11.4. The molecular formula is C15H12N2O5S. The summed E-state index contributed by atoms with van der Waals surface area (Å²) in [5.41, 5.74) is 0.0391. The van der Waals surface area contributed by atoms with Gasteiger partial charge >= 0.3 is 0 Å². The molecule has 0 spiro atoms. The third kappa shape index (κ3) is 3.68. The number of carbonyl (C=O) groups is 2. The lowest BCUT2D eigenvalue weighted by atomic mass is 9.95. The van der Waals surface area contributed by atoms with Gasteiger partial charge in [-0.2, -0.15) is 8.42 Å². The number of hydrogen-bond donors (Lipinski definition) is 1. The van der Waals surface area contributed by atoms with Crippen molar-refractivity contribution < 1.29 is 22.6 Å². The Morgan fingerprint density at radius 2 is 1.83 bits per heavy atom. The molecule has 1 heterocycles. The third-order valence-corrected chi connectivity index (χ3v) is 3.83. The largest absolute Gasteiger partial charge is 0.314 e. The van der Waals surface area contributed by atoms with Crippen molar-refractivity contribution in [3.05, 3.63) is 66.8 Å². The fourth-order valence-corrected chi connectivity index (χ4v) is 2.59. The second-order valence-corrected chi connectivity index (χ2v) is 5.81. The van der Waals surface area contributed by atoms with E-state index in [0.29, 0.717) is 6.08 Å². The molecule has 7 nitrogen and oxygen atoms in total. The van der Waals surface area contributed by atoms with Gasteiger partial charge in [-0.25, -0.2) is 4.98 Å². The van der Waals surface area contributed by atoms with Gasteiger partial charge in [0, 0.05) is 35.8 Å². The Labute approximate surface area is 132 Å². The van der Waals surface area contributed by atoms with Gasteiger partial charge in [-0.15, -0.1) is 0 Å². The molecule has 1 N–H and O–H groups in total. The highest BCUT2D eigenvalue weighted by Gasteiger charge is 2.30. The van der Waals surface area contributed by atoms with Crippen LogP contribution in [0.3, 0.4) is 0 Å². The first-order valence-corrected chi connectivity index (χ1v) is 7.76. The van der Waals surface area contributed by atoms with Crippen molar-refractivity contribution in [3.63, 3.8) is 0 Å². The summed E-state index contributed by atoms with van der Waals surface area (Å²) in [6.07, 6.45) is 7.55. The Balaban J connectivity index is 0.000000229. The van der Waals surface area contributed by atoms with Crippen molar-refractivity contribution in [1.82, 2.24) is 9.55 Å². The van der Waals surface area contributed by atoms with Gasteiger partial charge in [0.2, 0.25) is 11.6 Å². The zero-order valence-corrected chi connectivity index (χ0v) is 12.6. The molecule has 0 aliphatic heterocycles. The van der Waals surface area contributed by atoms with Gasteiger partial charge in [0.05, 0.1) is 6.33 Å². The number of fused-ring (bicyclic) bond motifs is 1. The molecule has 0 saturated carbocycles. The van der Waals surface area contributed by atoms with Gasteiger partial charge in [-0.05, 0) is 0 Å². The summed E-state index contributed by atoms with van der Waals surface area (Å²) in [7, 11) is -4.51. The van der Waals surface area contributed by atoms with E-state index in [9.17, 15) is 18.0 Å². The number of rotatable bonds is 2. The van der Waals surface area contributed by atoms with Crippen LogP contribution in [0, 0.1) is 0 Å². The van der Waals surface area contributed by atoms with Gasteiger partial charge < -0.3 is 4.57 Å². The van der Waals surface area contributed by atoms with Crippen molar-refractivity contribution in [2.24, 2.45) is 0 Å². The fourth-order valence-electron chi connectivity index (χ4n) is 1.88. The average Bonchev–Trinajstić information content (AvgIpc) is 3.04. The van der Waals surface area contributed by atoms with E-state index < -0.39 is 26.6 Å². The number of Topliss-reactive ketones (excluding diaryl/α,β-unsaturated/α-hetero) is 1. The van der Waals surface area contributed by atoms with Crippen molar-refractivity contribution in [3.8, 4) is 0 Å². The van der Waals surface area contributed by atoms with Crippen LogP contribution < -0.4 is 0 Å². The van der Waals surface area contributed by atoms with Crippen molar-refractivity contribution in [1.29, 1.82) is 0 Å². The number of allylic oxidation sites excluding steroid dienone is 1. The molecule has 0 unspecified atom stereocenters. The Kier molecular flexibility index (Phi) is 4.68. The van der Waals surface area contributed by atoms with Crippen LogP contribution in [0.25, 0.3) is 11.1 Å². The number of nitrogens with zero attached hydrogens (tertiary/aromatic N) is 2. The SMILES string of the molecule is C=Cn1ccnc1.O=C1C=C(S(=O)(=O)O)c2ccccc2C1=O. The lowest BCUT2D eigenvalue weighted by Crippen LogP contribution is -2.21. The maximum Gasteiger partial charge on any atom is 0.295 e. The Morgan fingerprint density at radius 3 is 2.30 bits per heavy atom. The molecule has 0 radical (unpaired) electrons. The van der Waals surface area contributed by atoms with E-state index in [0.717, 1.165) is 0 Å². The standard InChI is InChI=1S/C10H6O5S.C5H6N2/c11-8-5-9(16(13,14)15)6-3-1-2-4-7(6)10(8)12;1-2-7-4-3-6-5-7/h1-5H,(H,13,14,15);2-5H,1H2. The molecule has 1 aliphatic rings. The van der Waals surface area contributed by atoms with Crippen LogP contribution in [0.4, 0.5) is 0 Å². The lowest BCUT2D eigenvalue weighted by molar-refractivity contribution is -0.110. The predicted octanol–water partition coefficient (Wildman–Crippen LogP) is 1.66. The van der Waals surface area contributed by atoms with Crippen molar-refractivity contribution in [2.75, 3.05) is 0 Å². The molecular weight excluding hydrogens is 320 g/mol. The summed E-state index contributed by atoms with van der Waals surface area (Å²) >= 11 is 0. The molecule has 8 heteroatoms. The highest BCUT2D eigenvalue weighted by molar-refractivity contribution is 7.95. The number of ketones is 2. The molecule has 1 aliphatic carbocycles. The number of benzene rings is 1. The Morgan fingerprint density at radius 1 is 1.17 bits per heavy atom. The smallest absolute Gasteiger partial charge is 0.295 e. The zero-order valence-electron chi connectivity index (χ0n) is 11.8. The molecule has 0 bridgehead atoms. The molecule has 3 rings (SSSR count). The van der Waals surface area contributed by atoms with Crippen LogP contribution in [0.2, 0.25) is 0 Å². The van der Waals surface area contributed by atoms with Crippen LogP contribution in [-0.2, 0) is 14.9 Å². The molecule has 23 heavy (non-hydrogen) atoms. The van der Waals surface area contributed by atoms with Crippen LogP contribution in [0.1, 0.15) is 15.9 Å². The maximum atomic E-state index is 11.4. The van der Waals surface area contributed by atoms with E-state index in [-0.39, 0.29) is 11.1 Å². The van der Waals surface area contributed by atoms with Gasteiger partial charge in [-0.3, -0.25) is 14.1 Å². The summed E-state index contributed by atoms with van der Waals surface area (Å²) in [5, 5.41) is 0. The van der Waals surface area contributed by atoms with Gasteiger partial charge in [-0.1, -0.05) is 30.8 Å². The minimum atomic E-state index is -4.51. The average molecular weight is 332 g/mol. The molecule has 0 amide bonds. The van der Waals surface area contributed by atoms with E-state index in [1.54, 1.807) is 23.3 Å². The van der Waals surface area contributed by atoms with E-state index in [1.165, 1.54) is 24.3 Å². The Hall–Kier alpha value is -2.84. The lowest BCUT2D eigenvalue weighted by Gasteiger charge is -2.13. The fraction of sp³-hybridized carbons (Fsp3) is 0. The second-order valence-electron chi connectivity index (χ2n) is 4.42. The summed E-state index contributed by atoms with van der Waals surface area (Å²) < 4.78 is 32.8. The van der Waals surface area contributed by atoms with E-state index in [4.69, 9.17) is 4.55 Å². The van der Waals surface area contributed by atoms with Gasteiger partial charge in [0.15, 0.2) is 0 Å². The Bertz CT molecular complexity index is 896. The molecule has 2 aromatic rings. The molecule has 0 atom stereocenters. The zero-order chi connectivity index (χ0) is 17.0. The number of aromatic nitrogens is 2. The second kappa shape index (κ2) is 6.51. The highest BCUT2D eigenvalue weighted by atomic mass is 32.2. The third-order valence-electron chi connectivity index (χ3n) is 2.94. The molecule has 1 aromatic carbocycles. The summed E-state index contributed by atoms with van der Waals surface area (Å²) in [6.45, 7) is 3.53. The number of imidazole rings is 1. The first-order valence-electron chi connectivity index (χ1n) is 6.32. The quantitative estimate of drug-likeness (QED) is 0.662. The van der Waals surface area contributed by atoms with Crippen LogP contribution in [0.15, 0.2) is 55.6 Å². The van der Waals surface area contributed by atoms with Crippen LogP contribution >= 0.6 is 0 Å². The number of carbonyl (C=O) groups excluding carboxylic acids is 2. The predicted molar refractivity (Wildman–Crippen MR) is 83.9 cm³/mol. The molecule has 118 valence electrons. The summed E-state index contributed by atoms with van der Waals surface area (Å²) in [6, 6.07) is 5.73. The molecule has 0 saturated heterocycles. The first kappa shape index (κ1) is 16.5. The number of hydrogen-bond acceptors (Lipinski definition) is 5. The molecule has 0 fully saturated rings. The summed E-state index contributed by atoms with van der Waals surface area (Å²) in [4.78, 5) is 25.9. The van der Waals surface area contributed by atoms with E-state index in [1.807, 2.05) is 6.20 Å². The minimum Gasteiger partial charge on any atom is -0.314 e. The summed E-state index contributed by atoms with van der Waals surface area (Å²) in [5.74, 6) is -1.73. The molecule has 1 aromatic heterocycles. The van der Waals surface area contributed by atoms with E-state index >= 15 is 0 Å². The van der Waals surface area contributed by atoms with Crippen molar-refractivity contribution in [2.45, 2.75) is 0 Å². The van der Waals surface area contributed by atoms with Gasteiger partial charge in [0.1, 0.15) is 4.91 Å². The van der Waals surface area contributed by atoms with Gasteiger partial charge in [0.25, 0.3) is 10.1 Å². The minimum absolute atomic E-state index is 0.0115. The highest BCUT2D eigenvalue weighted by Crippen LogP contribution is 2.28. The normalized spacial score (nSPS) is 13.5. The van der Waals surface area contributed by atoms with Crippen LogP contribution in [-0.4, -0.2) is 34.1 Å².